The van der Waals surface area contributed by atoms with Crippen LogP contribution in [-0.2, 0) is 0 Å². The van der Waals surface area contributed by atoms with Crippen molar-refractivity contribution in [1.29, 1.82) is 0 Å². The van der Waals surface area contributed by atoms with E-state index in [1.807, 2.05) is 0 Å². The summed E-state index contributed by atoms with van der Waals surface area (Å²) in [5, 5.41) is 3.29. The van der Waals surface area contributed by atoms with Crippen molar-refractivity contribution in [3.8, 4) is 0 Å². The lowest BCUT2D eigenvalue weighted by Crippen LogP contribution is -2.39. The number of nitrogens with zero attached hydrogens (tertiary/aromatic N) is 1. The van der Waals surface area contributed by atoms with Crippen molar-refractivity contribution in [3.05, 3.63) is 0 Å². The smallest absolute Gasteiger partial charge is 0.189 e. The zero-order chi connectivity index (χ0) is 12.0. The molecule has 0 aliphatic heterocycles. The van der Waals surface area contributed by atoms with Gasteiger partial charge in [0.05, 0.1) is 6.04 Å². The number of guanidine groups is 1. The van der Waals surface area contributed by atoms with Crippen molar-refractivity contribution in [1.82, 2.24) is 5.32 Å². The number of rotatable bonds is 5. The van der Waals surface area contributed by atoms with E-state index < -0.39 is 0 Å². The zero-order valence-corrected chi connectivity index (χ0v) is 11.0. The van der Waals surface area contributed by atoms with E-state index in [1.165, 1.54) is 38.5 Å². The largest absolute Gasteiger partial charge is 0.370 e. The lowest BCUT2D eigenvalue weighted by Gasteiger charge is -2.16. The minimum absolute atomic E-state index is 0.438. The molecular formula is C13H27N3. The molecule has 1 aliphatic rings. The molecule has 1 fully saturated rings. The molecule has 0 aromatic heterocycles. The van der Waals surface area contributed by atoms with Gasteiger partial charge in [-0.15, -0.1) is 0 Å². The van der Waals surface area contributed by atoms with Gasteiger partial charge in [-0.25, -0.2) is 0 Å². The first-order chi connectivity index (χ1) is 7.58. The summed E-state index contributed by atoms with van der Waals surface area (Å²) in [5.41, 5.74) is 5.90. The van der Waals surface area contributed by atoms with E-state index in [4.69, 9.17) is 5.73 Å². The molecule has 3 N–H and O–H groups in total. The van der Waals surface area contributed by atoms with E-state index >= 15 is 0 Å². The fourth-order valence-electron chi connectivity index (χ4n) is 2.18. The summed E-state index contributed by atoms with van der Waals surface area (Å²) < 4.78 is 0. The van der Waals surface area contributed by atoms with E-state index in [9.17, 15) is 0 Å². The summed E-state index contributed by atoms with van der Waals surface area (Å²) in [4.78, 5) is 4.53. The van der Waals surface area contributed by atoms with Crippen molar-refractivity contribution in [3.63, 3.8) is 0 Å². The second-order valence-corrected chi connectivity index (χ2v) is 5.47. The highest BCUT2D eigenvalue weighted by molar-refractivity contribution is 5.78. The van der Waals surface area contributed by atoms with Gasteiger partial charge >= 0.3 is 0 Å². The Kier molecular flexibility index (Phi) is 5.64. The van der Waals surface area contributed by atoms with Crippen LogP contribution in [0.1, 0.15) is 59.3 Å². The highest BCUT2D eigenvalue weighted by Gasteiger charge is 2.14. The van der Waals surface area contributed by atoms with Gasteiger partial charge in [-0.2, -0.15) is 0 Å². The molecular weight excluding hydrogens is 198 g/mol. The van der Waals surface area contributed by atoms with E-state index in [-0.39, 0.29) is 0 Å². The molecule has 1 aliphatic carbocycles. The molecule has 1 saturated carbocycles. The molecule has 0 amide bonds. The Hall–Kier alpha value is -0.730. The quantitative estimate of drug-likeness (QED) is 0.558. The van der Waals surface area contributed by atoms with Crippen molar-refractivity contribution < 1.29 is 0 Å². The summed E-state index contributed by atoms with van der Waals surface area (Å²) in [6, 6.07) is 0.914. The molecule has 3 heteroatoms. The van der Waals surface area contributed by atoms with E-state index in [2.05, 4.69) is 31.1 Å². The maximum Gasteiger partial charge on any atom is 0.189 e. The van der Waals surface area contributed by atoms with Crippen LogP contribution in [0.3, 0.4) is 0 Å². The molecule has 1 atom stereocenters. The van der Waals surface area contributed by atoms with Gasteiger partial charge in [0.15, 0.2) is 5.96 Å². The third-order valence-corrected chi connectivity index (χ3v) is 3.22. The highest BCUT2D eigenvalue weighted by Crippen LogP contribution is 2.20. The molecule has 0 saturated heterocycles. The molecule has 0 aromatic carbocycles. The fourth-order valence-corrected chi connectivity index (χ4v) is 2.18. The summed E-state index contributed by atoms with van der Waals surface area (Å²) in [6.45, 7) is 6.69. The number of hydrogen-bond donors (Lipinski definition) is 2. The number of aliphatic imine (C=N–C) groups is 1. The maximum absolute atomic E-state index is 5.90. The Morgan fingerprint density at radius 1 is 1.25 bits per heavy atom. The predicted octanol–water partition coefficient (Wildman–Crippen LogP) is 2.66. The topological polar surface area (TPSA) is 50.4 Å². The molecule has 0 bridgehead atoms. The molecule has 1 rings (SSSR count). The van der Waals surface area contributed by atoms with Gasteiger partial charge < -0.3 is 11.1 Å². The summed E-state index contributed by atoms with van der Waals surface area (Å²) in [6.07, 6.45) is 7.45. The Labute approximate surface area is 99.9 Å². The minimum atomic E-state index is 0.438. The second-order valence-electron chi connectivity index (χ2n) is 5.47. The van der Waals surface area contributed by atoms with Crippen LogP contribution in [0.5, 0.6) is 0 Å². The Bertz CT molecular complexity index is 217. The predicted molar refractivity (Wildman–Crippen MR) is 70.5 cm³/mol. The van der Waals surface area contributed by atoms with Gasteiger partial charge in [-0.1, -0.05) is 26.7 Å². The normalized spacial score (nSPS) is 20.4. The maximum atomic E-state index is 5.90. The van der Waals surface area contributed by atoms with Crippen molar-refractivity contribution in [2.45, 2.75) is 71.4 Å². The molecule has 0 spiro atoms. The van der Waals surface area contributed by atoms with Crippen LogP contribution < -0.4 is 11.1 Å². The molecule has 0 radical (unpaired) electrons. The number of nitrogens with one attached hydrogen (secondary N) is 1. The van der Waals surface area contributed by atoms with Crippen molar-refractivity contribution in [2.24, 2.45) is 16.6 Å². The van der Waals surface area contributed by atoms with Crippen LogP contribution in [0, 0.1) is 5.92 Å². The van der Waals surface area contributed by atoms with Crippen LogP contribution in [0.2, 0.25) is 0 Å². The van der Waals surface area contributed by atoms with Gasteiger partial charge in [0, 0.05) is 6.04 Å². The molecule has 16 heavy (non-hydrogen) atoms. The number of hydrogen-bond acceptors (Lipinski definition) is 1. The van der Waals surface area contributed by atoms with Gasteiger partial charge in [0.25, 0.3) is 0 Å². The van der Waals surface area contributed by atoms with Crippen molar-refractivity contribution in [2.75, 3.05) is 0 Å². The first-order valence-corrected chi connectivity index (χ1v) is 6.67. The van der Waals surface area contributed by atoms with Gasteiger partial charge in [0.2, 0.25) is 0 Å². The van der Waals surface area contributed by atoms with Crippen LogP contribution in [-0.4, -0.2) is 18.0 Å². The third kappa shape index (κ3) is 5.38. The van der Waals surface area contributed by atoms with Gasteiger partial charge in [-0.3, -0.25) is 4.99 Å². The minimum Gasteiger partial charge on any atom is -0.370 e. The molecule has 94 valence electrons. The van der Waals surface area contributed by atoms with Crippen molar-refractivity contribution >= 4 is 5.96 Å². The Morgan fingerprint density at radius 2 is 1.88 bits per heavy atom. The van der Waals surface area contributed by atoms with Crippen LogP contribution >= 0.6 is 0 Å². The van der Waals surface area contributed by atoms with Gasteiger partial charge in [-0.05, 0) is 38.5 Å². The van der Waals surface area contributed by atoms with E-state index in [0.29, 0.717) is 18.0 Å². The first kappa shape index (κ1) is 13.3. The molecule has 0 aromatic rings. The summed E-state index contributed by atoms with van der Waals surface area (Å²) in [5.74, 6) is 1.40. The standard InChI is InChI=1S/C13H27N3/c1-10(2)8-9-11(3)15-13(14)16-12-6-4-5-7-12/h10-12H,4-9H2,1-3H3,(H3,14,15,16). The van der Waals surface area contributed by atoms with Gasteiger partial charge in [0.1, 0.15) is 0 Å². The molecule has 3 nitrogen and oxygen atoms in total. The first-order valence-electron chi connectivity index (χ1n) is 6.67. The highest BCUT2D eigenvalue weighted by atomic mass is 15.1. The van der Waals surface area contributed by atoms with Crippen LogP contribution in [0.25, 0.3) is 0 Å². The second kappa shape index (κ2) is 6.77. The lowest BCUT2D eigenvalue weighted by atomic mass is 10.0. The third-order valence-electron chi connectivity index (χ3n) is 3.22. The average Bonchev–Trinajstić information content (AvgIpc) is 2.67. The Morgan fingerprint density at radius 3 is 2.44 bits per heavy atom. The SMILES string of the molecule is CC(C)CCC(C)NC(N)=NC1CCCC1. The van der Waals surface area contributed by atoms with E-state index in [1.54, 1.807) is 0 Å². The average molecular weight is 225 g/mol. The van der Waals surface area contributed by atoms with Crippen LogP contribution in [0.15, 0.2) is 4.99 Å². The van der Waals surface area contributed by atoms with E-state index in [0.717, 1.165) is 5.92 Å². The lowest BCUT2D eigenvalue weighted by molar-refractivity contribution is 0.490. The monoisotopic (exact) mass is 225 g/mol. The fraction of sp³-hybridized carbons (Fsp3) is 0.923. The summed E-state index contributed by atoms with van der Waals surface area (Å²) in [7, 11) is 0. The molecule has 1 unspecified atom stereocenters. The molecule has 0 heterocycles. The summed E-state index contributed by atoms with van der Waals surface area (Å²) >= 11 is 0. The number of nitrogens with two attached hydrogens (primary N) is 1. The zero-order valence-electron chi connectivity index (χ0n) is 11.0. The Balaban J connectivity index is 2.23. The van der Waals surface area contributed by atoms with Crippen LogP contribution in [0.4, 0.5) is 0 Å².